The number of aromatic nitrogens is 1. The lowest BCUT2D eigenvalue weighted by atomic mass is 9.60. The summed E-state index contributed by atoms with van der Waals surface area (Å²) in [5, 5.41) is 3.52. The van der Waals surface area contributed by atoms with Crippen LogP contribution < -0.4 is 5.32 Å². The summed E-state index contributed by atoms with van der Waals surface area (Å²) in [5.74, 6) is 0. The Hall–Kier alpha value is -0.540. The van der Waals surface area contributed by atoms with Crippen LogP contribution in [0.2, 0.25) is 0 Å². The zero-order valence-corrected chi connectivity index (χ0v) is 11.5. The minimum absolute atomic E-state index is 0.479. The van der Waals surface area contributed by atoms with E-state index >= 15 is 0 Å². The number of hydrogen-bond acceptors (Lipinski definition) is 1. The molecule has 3 heteroatoms. The number of halogens is 1. The highest BCUT2D eigenvalue weighted by atomic mass is 79.9. The van der Waals surface area contributed by atoms with Gasteiger partial charge in [-0.2, -0.15) is 0 Å². The summed E-state index contributed by atoms with van der Waals surface area (Å²) < 4.78 is 3.80. The molecule has 0 aromatic carbocycles. The van der Waals surface area contributed by atoms with E-state index < -0.39 is 0 Å². The maximum atomic E-state index is 3.81. The third-order valence-corrected chi connectivity index (χ3v) is 5.36. The Balaban J connectivity index is 1.96. The van der Waals surface area contributed by atoms with Gasteiger partial charge in [0.1, 0.15) is 0 Å². The maximum absolute atomic E-state index is 3.81. The number of nitrogens with one attached hydrogen (secondary N) is 1. The van der Waals surface area contributed by atoms with Gasteiger partial charge in [0.2, 0.25) is 0 Å². The predicted octanol–water partition coefficient (Wildman–Crippen LogP) is 3.06. The van der Waals surface area contributed by atoms with E-state index in [4.69, 9.17) is 0 Å². The van der Waals surface area contributed by atoms with Crippen molar-refractivity contribution in [1.82, 2.24) is 9.88 Å². The lowest BCUT2D eigenvalue weighted by Gasteiger charge is -2.45. The molecule has 0 radical (unpaired) electrons. The van der Waals surface area contributed by atoms with Gasteiger partial charge in [0.25, 0.3) is 0 Å². The number of rotatable bonds is 0. The molecule has 4 rings (SSSR count). The highest BCUT2D eigenvalue weighted by Gasteiger charge is 2.44. The van der Waals surface area contributed by atoms with Crippen molar-refractivity contribution in [2.24, 2.45) is 0 Å². The minimum atomic E-state index is 0.479. The average Bonchev–Trinajstić information content (AvgIpc) is 2.49. The van der Waals surface area contributed by atoms with Crippen molar-refractivity contribution in [3.8, 4) is 0 Å². The van der Waals surface area contributed by atoms with Crippen LogP contribution in [0.1, 0.15) is 36.9 Å². The number of allylic oxidation sites excluding steroid dienone is 1. The molecule has 1 spiro atoms. The second-order valence-corrected chi connectivity index (χ2v) is 6.49. The van der Waals surface area contributed by atoms with Crippen molar-refractivity contribution in [3.63, 3.8) is 0 Å². The summed E-state index contributed by atoms with van der Waals surface area (Å²) in [6.45, 7) is 3.22. The first-order chi connectivity index (χ1) is 8.30. The van der Waals surface area contributed by atoms with Crippen LogP contribution in [-0.4, -0.2) is 17.7 Å². The fraction of sp³-hybridized carbons (Fsp3) is 0.571. The van der Waals surface area contributed by atoms with E-state index in [1.54, 1.807) is 5.56 Å². The van der Waals surface area contributed by atoms with Gasteiger partial charge in [0, 0.05) is 41.4 Å². The normalized spacial score (nSPS) is 24.9. The van der Waals surface area contributed by atoms with Gasteiger partial charge in [0.05, 0.1) is 0 Å². The maximum Gasteiger partial charge on any atom is 0.0499 e. The minimum Gasteiger partial charge on any atom is -0.345 e. The zero-order chi connectivity index (χ0) is 11.5. The Morgan fingerprint density at radius 2 is 2.24 bits per heavy atom. The molecule has 0 unspecified atom stereocenters. The summed E-state index contributed by atoms with van der Waals surface area (Å²) >= 11 is 3.81. The van der Waals surface area contributed by atoms with Gasteiger partial charge in [-0.05, 0) is 46.3 Å². The molecule has 1 fully saturated rings. The predicted molar refractivity (Wildman–Crippen MR) is 73.1 cm³/mol. The largest absolute Gasteiger partial charge is 0.345 e. The van der Waals surface area contributed by atoms with Crippen molar-refractivity contribution in [2.75, 3.05) is 13.1 Å². The molecule has 1 saturated carbocycles. The Bertz CT molecular complexity index is 509. The quantitative estimate of drug-likeness (QED) is 0.778. The van der Waals surface area contributed by atoms with Gasteiger partial charge < -0.3 is 9.88 Å². The van der Waals surface area contributed by atoms with Crippen LogP contribution in [0, 0.1) is 0 Å². The van der Waals surface area contributed by atoms with Gasteiger partial charge in [-0.25, -0.2) is 0 Å². The zero-order valence-electron chi connectivity index (χ0n) is 9.93. The second-order valence-electron chi connectivity index (χ2n) is 5.64. The Morgan fingerprint density at radius 3 is 3.00 bits per heavy atom. The molecular weight excluding hydrogens is 276 g/mol. The molecule has 0 saturated heterocycles. The number of hydrogen-bond donors (Lipinski definition) is 1. The van der Waals surface area contributed by atoms with E-state index in [2.05, 4.69) is 38.1 Å². The van der Waals surface area contributed by atoms with E-state index in [1.165, 1.54) is 41.4 Å². The van der Waals surface area contributed by atoms with Crippen LogP contribution in [0.3, 0.4) is 0 Å². The molecule has 0 atom stereocenters. The van der Waals surface area contributed by atoms with E-state index in [1.807, 2.05) is 0 Å². The molecule has 2 aliphatic carbocycles. The van der Waals surface area contributed by atoms with Crippen LogP contribution in [0.25, 0.3) is 5.57 Å². The Kier molecular flexibility index (Phi) is 2.13. The molecule has 0 amide bonds. The van der Waals surface area contributed by atoms with Crippen LogP contribution >= 0.6 is 15.9 Å². The fourth-order valence-electron chi connectivity index (χ4n) is 3.70. The summed E-state index contributed by atoms with van der Waals surface area (Å²) in [6.07, 6.45) is 10.2. The lowest BCUT2D eigenvalue weighted by Crippen LogP contribution is -2.36. The van der Waals surface area contributed by atoms with Gasteiger partial charge in [-0.1, -0.05) is 12.5 Å². The highest BCUT2D eigenvalue weighted by Crippen LogP contribution is 2.54. The molecule has 1 aromatic heterocycles. The van der Waals surface area contributed by atoms with Crippen molar-refractivity contribution in [2.45, 2.75) is 37.6 Å². The van der Waals surface area contributed by atoms with Crippen molar-refractivity contribution < 1.29 is 0 Å². The smallest absolute Gasteiger partial charge is 0.0499 e. The topological polar surface area (TPSA) is 17.0 Å². The molecular formula is C14H17BrN2. The molecule has 3 aliphatic rings. The van der Waals surface area contributed by atoms with E-state index in [9.17, 15) is 0 Å². The Labute approximate surface area is 110 Å². The molecule has 2 nitrogen and oxygen atoms in total. The van der Waals surface area contributed by atoms with E-state index in [-0.39, 0.29) is 0 Å². The van der Waals surface area contributed by atoms with E-state index in [0.717, 1.165) is 19.6 Å². The standard InChI is InChI=1S/C14H17BrN2/c15-11-9-17-7-6-16-8-10-2-5-14(3-1-4-14)12(11)13(10)17/h2,9,16H,1,3-8H2. The molecule has 2 heterocycles. The number of nitrogens with zero attached hydrogens (tertiary/aromatic N) is 1. The summed E-state index contributed by atoms with van der Waals surface area (Å²) in [5.41, 5.74) is 5.13. The molecule has 1 N–H and O–H groups in total. The molecule has 17 heavy (non-hydrogen) atoms. The third-order valence-electron chi connectivity index (χ3n) is 4.76. The third kappa shape index (κ3) is 1.30. The molecule has 90 valence electrons. The fourth-order valence-corrected chi connectivity index (χ4v) is 4.56. The van der Waals surface area contributed by atoms with Crippen LogP contribution in [0.4, 0.5) is 0 Å². The first-order valence-corrected chi connectivity index (χ1v) is 7.39. The van der Waals surface area contributed by atoms with Gasteiger partial charge in [-0.3, -0.25) is 0 Å². The van der Waals surface area contributed by atoms with Crippen LogP contribution in [-0.2, 0) is 12.0 Å². The first-order valence-electron chi connectivity index (χ1n) is 6.59. The molecule has 0 bridgehead atoms. The van der Waals surface area contributed by atoms with Gasteiger partial charge >= 0.3 is 0 Å². The molecule has 1 aliphatic heterocycles. The summed E-state index contributed by atoms with van der Waals surface area (Å²) in [4.78, 5) is 0. The monoisotopic (exact) mass is 292 g/mol. The van der Waals surface area contributed by atoms with E-state index in [0.29, 0.717) is 5.41 Å². The SMILES string of the molecule is Brc1cn2c3c1C1(CC=C3CNCC2)CCC1. The van der Waals surface area contributed by atoms with Gasteiger partial charge in [-0.15, -0.1) is 0 Å². The van der Waals surface area contributed by atoms with Crippen molar-refractivity contribution in [1.29, 1.82) is 0 Å². The lowest BCUT2D eigenvalue weighted by molar-refractivity contribution is 0.242. The van der Waals surface area contributed by atoms with Crippen LogP contribution in [0.5, 0.6) is 0 Å². The first kappa shape index (κ1) is 10.4. The second kappa shape index (κ2) is 3.48. The number of fused-ring (bicyclic) bond motifs is 1. The average molecular weight is 293 g/mol. The van der Waals surface area contributed by atoms with Gasteiger partial charge in [0.15, 0.2) is 0 Å². The van der Waals surface area contributed by atoms with Crippen LogP contribution in [0.15, 0.2) is 16.7 Å². The summed E-state index contributed by atoms with van der Waals surface area (Å²) in [7, 11) is 0. The van der Waals surface area contributed by atoms with Crippen molar-refractivity contribution >= 4 is 21.5 Å². The van der Waals surface area contributed by atoms with Crippen molar-refractivity contribution in [3.05, 3.63) is 28.0 Å². The summed E-state index contributed by atoms with van der Waals surface area (Å²) in [6, 6.07) is 0. The molecule has 1 aromatic rings. The Morgan fingerprint density at radius 1 is 1.35 bits per heavy atom. The highest BCUT2D eigenvalue weighted by molar-refractivity contribution is 9.10.